The number of anilines is 2. The lowest BCUT2D eigenvalue weighted by atomic mass is 10.2. The van der Waals surface area contributed by atoms with E-state index in [1.165, 1.54) is 14.2 Å². The molecule has 0 atom stereocenters. The number of fused-ring (bicyclic) bond motifs is 1. The number of hydrogen-bond donors (Lipinski definition) is 2. The topological polar surface area (TPSA) is 86.1 Å². The molecule has 0 aliphatic rings. The second kappa shape index (κ2) is 7.44. The molecule has 1 heterocycles. The number of carbonyl (C=O) groups excluding carboxylic acids is 1. The van der Waals surface area contributed by atoms with Crippen LogP contribution in [0.2, 0.25) is 0 Å². The first-order valence-electron chi connectivity index (χ1n) is 7.53. The summed E-state index contributed by atoms with van der Waals surface area (Å²) in [7, 11) is 4.57. The first-order valence-corrected chi connectivity index (χ1v) is 7.93. The Kier molecular flexibility index (Phi) is 5.08. The van der Waals surface area contributed by atoms with Crippen molar-refractivity contribution < 1.29 is 23.5 Å². The molecule has 8 nitrogen and oxygen atoms in total. The minimum Gasteiger partial charge on any atom is -0.497 e. The number of aromatic nitrogens is 1. The van der Waals surface area contributed by atoms with Gasteiger partial charge >= 0.3 is 6.03 Å². The molecule has 9 heteroatoms. The molecule has 0 saturated carbocycles. The second-order valence-corrected chi connectivity index (χ2v) is 5.54. The average Bonchev–Trinajstić information content (AvgIpc) is 3.09. The molecular formula is C17H17N3O5S. The van der Waals surface area contributed by atoms with Crippen LogP contribution in [0.4, 0.5) is 16.3 Å². The summed E-state index contributed by atoms with van der Waals surface area (Å²) in [6.45, 7) is 0. The minimum absolute atomic E-state index is 0.231. The monoisotopic (exact) mass is 375 g/mol. The van der Waals surface area contributed by atoms with Crippen LogP contribution in [0.15, 0.2) is 40.9 Å². The molecule has 0 bridgehead atoms. The van der Waals surface area contributed by atoms with E-state index in [9.17, 15) is 4.79 Å². The Bertz CT molecular complexity index is 943. The average molecular weight is 375 g/mol. The Balaban J connectivity index is 1.89. The highest BCUT2D eigenvalue weighted by molar-refractivity contribution is 7.82. The van der Waals surface area contributed by atoms with Crippen molar-refractivity contribution in [3.63, 3.8) is 0 Å². The van der Waals surface area contributed by atoms with Crippen LogP contribution in [0.3, 0.4) is 0 Å². The van der Waals surface area contributed by atoms with Crippen LogP contribution >= 0.6 is 12.8 Å². The summed E-state index contributed by atoms with van der Waals surface area (Å²) in [6.07, 6.45) is 0. The number of methoxy groups -OCH3 is 3. The molecule has 0 fully saturated rings. The van der Waals surface area contributed by atoms with Gasteiger partial charge in [-0.25, -0.2) is 9.10 Å². The fourth-order valence-corrected chi connectivity index (χ4v) is 2.66. The van der Waals surface area contributed by atoms with Gasteiger partial charge in [-0.15, -0.1) is 0 Å². The van der Waals surface area contributed by atoms with Crippen molar-refractivity contribution in [2.45, 2.75) is 0 Å². The summed E-state index contributed by atoms with van der Waals surface area (Å²) >= 11 is 4.27. The van der Waals surface area contributed by atoms with Gasteiger partial charge in [-0.2, -0.15) is 0 Å². The largest absolute Gasteiger partial charge is 0.497 e. The van der Waals surface area contributed by atoms with E-state index in [0.717, 1.165) is 4.31 Å². The molecular weight excluding hydrogens is 358 g/mol. The van der Waals surface area contributed by atoms with Gasteiger partial charge < -0.3 is 18.7 Å². The van der Waals surface area contributed by atoms with Crippen molar-refractivity contribution in [2.75, 3.05) is 31.0 Å². The van der Waals surface area contributed by atoms with Crippen molar-refractivity contribution in [3.05, 3.63) is 36.4 Å². The predicted octanol–water partition coefficient (Wildman–Crippen LogP) is 3.74. The molecule has 1 aromatic heterocycles. The molecule has 0 aliphatic carbocycles. The highest BCUT2D eigenvalue weighted by Crippen LogP contribution is 2.35. The van der Waals surface area contributed by atoms with Crippen molar-refractivity contribution in [2.24, 2.45) is 0 Å². The van der Waals surface area contributed by atoms with E-state index >= 15 is 0 Å². The van der Waals surface area contributed by atoms with Gasteiger partial charge in [0.25, 0.3) is 0 Å². The maximum Gasteiger partial charge on any atom is 0.337 e. The lowest BCUT2D eigenvalue weighted by Crippen LogP contribution is -2.27. The van der Waals surface area contributed by atoms with Crippen LogP contribution in [0.5, 0.6) is 17.2 Å². The Morgan fingerprint density at radius 1 is 1.12 bits per heavy atom. The van der Waals surface area contributed by atoms with Crippen molar-refractivity contribution in [1.29, 1.82) is 0 Å². The maximum absolute atomic E-state index is 12.6. The van der Waals surface area contributed by atoms with E-state index in [-0.39, 0.29) is 5.82 Å². The van der Waals surface area contributed by atoms with Crippen LogP contribution < -0.4 is 23.8 Å². The minimum atomic E-state index is -0.544. The number of nitrogens with one attached hydrogen (secondary N) is 1. The highest BCUT2D eigenvalue weighted by Gasteiger charge is 2.21. The maximum atomic E-state index is 12.6. The van der Waals surface area contributed by atoms with E-state index in [1.54, 1.807) is 43.5 Å². The quantitative estimate of drug-likeness (QED) is 0.661. The molecule has 0 spiro atoms. The molecule has 0 aliphatic heterocycles. The molecule has 136 valence electrons. The standard InChI is InChI=1S/C17H17N3O5S/c1-22-10-7-8-11(14(9-10)24-3)20(26)17(21)18-16-15-12(23-2)5-4-6-13(15)25-19-16/h4-9,26H,1-3H3,(H,18,19,21). The number of benzene rings is 2. The Morgan fingerprint density at radius 2 is 1.88 bits per heavy atom. The Labute approximate surface area is 155 Å². The summed E-state index contributed by atoms with van der Waals surface area (Å²) in [6, 6.07) is 9.71. The molecule has 2 amide bonds. The zero-order chi connectivity index (χ0) is 18.7. The number of urea groups is 1. The fourth-order valence-electron chi connectivity index (χ4n) is 2.44. The first kappa shape index (κ1) is 17.7. The molecule has 3 aromatic rings. The zero-order valence-electron chi connectivity index (χ0n) is 14.3. The number of carbonyl (C=O) groups is 1. The van der Waals surface area contributed by atoms with Gasteiger partial charge in [0.15, 0.2) is 11.4 Å². The third-order valence-corrected chi connectivity index (χ3v) is 4.11. The predicted molar refractivity (Wildman–Crippen MR) is 101 cm³/mol. The van der Waals surface area contributed by atoms with Gasteiger partial charge in [0.2, 0.25) is 0 Å². The van der Waals surface area contributed by atoms with E-state index in [2.05, 4.69) is 23.3 Å². The molecule has 2 aromatic carbocycles. The van der Waals surface area contributed by atoms with Crippen LogP contribution in [-0.2, 0) is 0 Å². The lowest BCUT2D eigenvalue weighted by molar-refractivity contribution is 0.260. The lowest BCUT2D eigenvalue weighted by Gasteiger charge is -2.19. The molecule has 0 unspecified atom stereocenters. The summed E-state index contributed by atoms with van der Waals surface area (Å²) in [5.74, 6) is 1.79. The van der Waals surface area contributed by atoms with Gasteiger partial charge in [0.1, 0.15) is 22.6 Å². The summed E-state index contributed by atoms with van der Waals surface area (Å²) in [5, 5.41) is 7.11. The SMILES string of the molecule is COc1ccc(N(S)C(=O)Nc2noc3cccc(OC)c23)c(OC)c1. The van der Waals surface area contributed by atoms with Gasteiger partial charge in [0, 0.05) is 6.07 Å². The first-order chi connectivity index (χ1) is 12.6. The number of amides is 2. The summed E-state index contributed by atoms with van der Waals surface area (Å²) in [4.78, 5) is 12.6. The van der Waals surface area contributed by atoms with Gasteiger partial charge in [0.05, 0.1) is 27.0 Å². The smallest absolute Gasteiger partial charge is 0.337 e. The highest BCUT2D eigenvalue weighted by atomic mass is 32.1. The molecule has 1 N–H and O–H groups in total. The number of nitrogens with zero attached hydrogens (tertiary/aromatic N) is 2. The molecule has 3 rings (SSSR count). The van der Waals surface area contributed by atoms with Crippen molar-refractivity contribution in [3.8, 4) is 17.2 Å². The van der Waals surface area contributed by atoms with Crippen LogP contribution in [-0.4, -0.2) is 32.5 Å². The van der Waals surface area contributed by atoms with Crippen LogP contribution in [0.1, 0.15) is 0 Å². The molecule has 0 radical (unpaired) electrons. The number of thiol groups is 1. The molecule has 26 heavy (non-hydrogen) atoms. The van der Waals surface area contributed by atoms with Crippen molar-refractivity contribution in [1.82, 2.24) is 5.16 Å². The van der Waals surface area contributed by atoms with E-state index in [1.807, 2.05) is 0 Å². The normalized spacial score (nSPS) is 10.5. The third kappa shape index (κ3) is 3.21. The van der Waals surface area contributed by atoms with Crippen molar-refractivity contribution >= 4 is 41.3 Å². The van der Waals surface area contributed by atoms with E-state index < -0.39 is 6.03 Å². The van der Waals surface area contributed by atoms with Gasteiger partial charge in [-0.05, 0) is 24.3 Å². The van der Waals surface area contributed by atoms with Gasteiger partial charge in [-0.1, -0.05) is 24.0 Å². The zero-order valence-corrected chi connectivity index (χ0v) is 15.2. The second-order valence-electron chi connectivity index (χ2n) is 5.14. The van der Waals surface area contributed by atoms with E-state index in [0.29, 0.717) is 33.9 Å². The van der Waals surface area contributed by atoms with Crippen LogP contribution in [0.25, 0.3) is 11.0 Å². The van der Waals surface area contributed by atoms with E-state index in [4.69, 9.17) is 18.7 Å². The number of hydrogen-bond acceptors (Lipinski definition) is 7. The number of rotatable bonds is 5. The van der Waals surface area contributed by atoms with Gasteiger partial charge in [-0.3, -0.25) is 5.32 Å². The number of ether oxygens (including phenoxy) is 3. The Morgan fingerprint density at radius 3 is 2.58 bits per heavy atom. The third-order valence-electron chi connectivity index (χ3n) is 3.71. The van der Waals surface area contributed by atoms with Crippen LogP contribution in [0, 0.1) is 0 Å². The molecule has 0 saturated heterocycles. The summed E-state index contributed by atoms with van der Waals surface area (Å²) in [5.41, 5.74) is 0.932. The fraction of sp³-hybridized carbons (Fsp3) is 0.176. The Hall–Kier alpha value is -3.07. The summed E-state index contributed by atoms with van der Waals surface area (Å²) < 4.78 is 22.1.